The zero-order valence-corrected chi connectivity index (χ0v) is 11.8. The van der Waals surface area contributed by atoms with Crippen molar-refractivity contribution >= 4 is 15.7 Å². The minimum absolute atomic E-state index is 0.00143. The van der Waals surface area contributed by atoms with E-state index in [2.05, 4.69) is 15.4 Å². The molecule has 0 aliphatic heterocycles. The van der Waals surface area contributed by atoms with Gasteiger partial charge in [-0.05, 0) is 24.3 Å². The van der Waals surface area contributed by atoms with E-state index in [1.807, 2.05) is 0 Å². The van der Waals surface area contributed by atoms with Crippen LogP contribution in [0.15, 0.2) is 46.6 Å². The summed E-state index contributed by atoms with van der Waals surface area (Å²) in [6.45, 7) is 0. The quantitative estimate of drug-likeness (QED) is 0.369. The molecular weight excluding hydrogens is 296 g/mol. The van der Waals surface area contributed by atoms with Crippen molar-refractivity contribution in [2.45, 2.75) is 4.90 Å². The second-order valence-electron chi connectivity index (χ2n) is 4.08. The van der Waals surface area contributed by atoms with E-state index < -0.39 is 9.84 Å². The minimum Gasteiger partial charge on any atom is -0.437 e. The Morgan fingerprint density at radius 1 is 1.38 bits per heavy atom. The average Bonchev–Trinajstić information content (AvgIpc) is 2.46. The van der Waals surface area contributed by atoms with Gasteiger partial charge in [0.15, 0.2) is 15.7 Å². The molecule has 0 aliphatic rings. The lowest BCUT2D eigenvalue weighted by Crippen LogP contribution is -2.15. The number of amidine groups is 1. The summed E-state index contributed by atoms with van der Waals surface area (Å²) < 4.78 is 28.5. The van der Waals surface area contributed by atoms with Gasteiger partial charge in [-0.1, -0.05) is 11.2 Å². The minimum atomic E-state index is -3.35. The lowest BCUT2D eigenvalue weighted by Gasteiger charge is -2.08. The Kier molecular flexibility index (Phi) is 4.03. The van der Waals surface area contributed by atoms with Gasteiger partial charge in [-0.25, -0.2) is 8.42 Å². The summed E-state index contributed by atoms with van der Waals surface area (Å²) >= 11 is 0. The van der Waals surface area contributed by atoms with Crippen LogP contribution >= 0.6 is 0 Å². The number of hydrogen-bond donors (Lipinski definition) is 2. The molecule has 110 valence electrons. The lowest BCUT2D eigenvalue weighted by atomic mass is 10.3. The Balaban J connectivity index is 2.40. The van der Waals surface area contributed by atoms with Crippen LogP contribution in [0.2, 0.25) is 0 Å². The van der Waals surface area contributed by atoms with Crippen LogP contribution in [0.4, 0.5) is 0 Å². The zero-order valence-electron chi connectivity index (χ0n) is 11.0. The summed E-state index contributed by atoms with van der Waals surface area (Å²) in [6.07, 6.45) is 2.45. The van der Waals surface area contributed by atoms with Crippen molar-refractivity contribution in [3.05, 3.63) is 42.1 Å². The van der Waals surface area contributed by atoms with Crippen molar-refractivity contribution in [2.75, 3.05) is 6.26 Å². The predicted octanol–water partition coefficient (Wildman–Crippen LogP) is 0.767. The summed E-state index contributed by atoms with van der Waals surface area (Å²) in [7, 11) is -3.35. The molecule has 0 saturated heterocycles. The molecule has 2 aromatic rings. The summed E-state index contributed by atoms with van der Waals surface area (Å²) in [5.74, 6) is 0.0445. The molecule has 1 heterocycles. The highest BCUT2D eigenvalue weighted by atomic mass is 32.2. The molecular formula is C12H12N4O4S. The first-order valence-electron chi connectivity index (χ1n) is 5.69. The lowest BCUT2D eigenvalue weighted by molar-refractivity contribution is 0.318. The van der Waals surface area contributed by atoms with Crippen molar-refractivity contribution < 1.29 is 18.4 Å². The number of ether oxygens (including phenoxy) is 1. The number of oxime groups is 1. The van der Waals surface area contributed by atoms with Crippen molar-refractivity contribution in [2.24, 2.45) is 10.9 Å². The fourth-order valence-electron chi connectivity index (χ4n) is 1.52. The fourth-order valence-corrected chi connectivity index (χ4v) is 2.18. The number of hydrogen-bond acceptors (Lipinski definition) is 7. The highest BCUT2D eigenvalue weighted by molar-refractivity contribution is 7.90. The standard InChI is InChI=1S/C12H12N4O4S/c1-21(18,19)9-4-2-3-8(7-9)20-12-10(11(13)16-17)5-6-14-15-12/h2-7,17H,1H3,(H2,13,16). The van der Waals surface area contributed by atoms with E-state index in [1.165, 1.54) is 30.5 Å². The van der Waals surface area contributed by atoms with E-state index in [0.29, 0.717) is 0 Å². The first kappa shape index (κ1) is 14.7. The van der Waals surface area contributed by atoms with Gasteiger partial charge in [0.1, 0.15) is 5.75 Å². The highest BCUT2D eigenvalue weighted by Gasteiger charge is 2.13. The Morgan fingerprint density at radius 3 is 2.81 bits per heavy atom. The van der Waals surface area contributed by atoms with Gasteiger partial charge in [0.2, 0.25) is 5.88 Å². The van der Waals surface area contributed by atoms with Crippen molar-refractivity contribution in [3.8, 4) is 11.6 Å². The Morgan fingerprint density at radius 2 is 2.14 bits per heavy atom. The van der Waals surface area contributed by atoms with Gasteiger partial charge in [0.25, 0.3) is 0 Å². The molecule has 3 N–H and O–H groups in total. The second-order valence-corrected chi connectivity index (χ2v) is 6.10. The molecule has 0 unspecified atom stereocenters. The van der Waals surface area contributed by atoms with Crippen LogP contribution < -0.4 is 10.5 Å². The van der Waals surface area contributed by atoms with Crippen LogP contribution in [0, 0.1) is 0 Å². The Labute approximate surface area is 120 Å². The molecule has 0 amide bonds. The first-order valence-corrected chi connectivity index (χ1v) is 7.58. The number of sulfone groups is 1. The van der Waals surface area contributed by atoms with Gasteiger partial charge < -0.3 is 15.7 Å². The maximum atomic E-state index is 11.5. The van der Waals surface area contributed by atoms with Crippen LogP contribution in [0.25, 0.3) is 0 Å². The molecule has 0 fully saturated rings. The average molecular weight is 308 g/mol. The molecule has 1 aromatic heterocycles. The number of rotatable bonds is 4. The molecule has 1 aromatic carbocycles. The number of benzene rings is 1. The molecule has 9 heteroatoms. The molecule has 0 radical (unpaired) electrons. The van der Waals surface area contributed by atoms with E-state index in [9.17, 15) is 8.42 Å². The Hall–Kier alpha value is -2.68. The molecule has 0 atom stereocenters. The van der Waals surface area contributed by atoms with E-state index in [4.69, 9.17) is 15.7 Å². The second kappa shape index (κ2) is 5.75. The van der Waals surface area contributed by atoms with Gasteiger partial charge in [0.05, 0.1) is 16.7 Å². The van der Waals surface area contributed by atoms with E-state index in [0.717, 1.165) is 6.26 Å². The normalized spacial score (nSPS) is 12.1. The zero-order chi connectivity index (χ0) is 15.5. The number of nitrogens with two attached hydrogens (primary N) is 1. The summed E-state index contributed by atoms with van der Waals surface area (Å²) in [5.41, 5.74) is 5.74. The number of nitrogens with zero attached hydrogens (tertiary/aromatic N) is 3. The highest BCUT2D eigenvalue weighted by Crippen LogP contribution is 2.24. The summed E-state index contributed by atoms with van der Waals surface area (Å²) in [6, 6.07) is 7.34. The van der Waals surface area contributed by atoms with Crippen LogP contribution in [-0.2, 0) is 9.84 Å². The van der Waals surface area contributed by atoms with Crippen LogP contribution in [0.5, 0.6) is 11.6 Å². The van der Waals surface area contributed by atoms with E-state index in [1.54, 1.807) is 6.07 Å². The van der Waals surface area contributed by atoms with Crippen LogP contribution in [0.1, 0.15) is 5.56 Å². The van der Waals surface area contributed by atoms with Crippen molar-refractivity contribution in [3.63, 3.8) is 0 Å². The van der Waals surface area contributed by atoms with Crippen molar-refractivity contribution in [1.29, 1.82) is 0 Å². The predicted molar refractivity (Wildman–Crippen MR) is 74.2 cm³/mol. The van der Waals surface area contributed by atoms with Crippen LogP contribution in [0.3, 0.4) is 0 Å². The van der Waals surface area contributed by atoms with Gasteiger partial charge >= 0.3 is 0 Å². The third-order valence-electron chi connectivity index (χ3n) is 2.52. The third-order valence-corrected chi connectivity index (χ3v) is 3.63. The number of aromatic nitrogens is 2. The summed E-state index contributed by atoms with van der Waals surface area (Å²) in [5, 5.41) is 19.0. The first-order chi connectivity index (χ1) is 9.91. The van der Waals surface area contributed by atoms with Gasteiger partial charge in [0, 0.05) is 6.26 Å². The molecule has 21 heavy (non-hydrogen) atoms. The van der Waals surface area contributed by atoms with E-state index >= 15 is 0 Å². The van der Waals surface area contributed by atoms with Gasteiger partial charge in [-0.15, -0.1) is 5.10 Å². The SMILES string of the molecule is CS(=O)(=O)c1cccc(Oc2nnccc2/C(N)=N/O)c1. The third kappa shape index (κ3) is 3.45. The maximum absolute atomic E-state index is 11.5. The summed E-state index contributed by atoms with van der Waals surface area (Å²) in [4.78, 5) is 0.106. The molecule has 2 rings (SSSR count). The molecule has 0 saturated carbocycles. The van der Waals surface area contributed by atoms with E-state index in [-0.39, 0.29) is 27.9 Å². The molecule has 8 nitrogen and oxygen atoms in total. The van der Waals surface area contributed by atoms with Crippen LogP contribution in [-0.4, -0.2) is 35.9 Å². The largest absolute Gasteiger partial charge is 0.437 e. The maximum Gasteiger partial charge on any atom is 0.250 e. The van der Waals surface area contributed by atoms with Gasteiger partial charge in [-0.3, -0.25) is 0 Å². The molecule has 0 bridgehead atoms. The smallest absolute Gasteiger partial charge is 0.250 e. The molecule has 0 aliphatic carbocycles. The van der Waals surface area contributed by atoms with Crippen molar-refractivity contribution in [1.82, 2.24) is 10.2 Å². The fraction of sp³-hybridized carbons (Fsp3) is 0.0833. The Bertz CT molecular complexity index is 789. The monoisotopic (exact) mass is 308 g/mol. The molecule has 0 spiro atoms. The van der Waals surface area contributed by atoms with Gasteiger partial charge in [-0.2, -0.15) is 5.10 Å². The topological polar surface area (TPSA) is 128 Å².